The third-order valence-electron chi connectivity index (χ3n) is 8.85. The van der Waals surface area contributed by atoms with Crippen LogP contribution in [0.5, 0.6) is 28.7 Å². The normalized spacial score (nSPS) is 11.2. The zero-order valence-electron chi connectivity index (χ0n) is 30.3. The predicted molar refractivity (Wildman–Crippen MR) is 199 cm³/mol. The Bertz CT molecular complexity index is 1790. The van der Waals surface area contributed by atoms with Crippen molar-refractivity contribution < 1.29 is 25.5 Å². The number of aryl methyl sites for hydroxylation is 6. The fourth-order valence-corrected chi connectivity index (χ4v) is 5.53. The Morgan fingerprint density at radius 2 is 0.667 bits per heavy atom. The van der Waals surface area contributed by atoms with E-state index in [1.54, 1.807) is 24.3 Å². The highest BCUT2D eigenvalue weighted by Gasteiger charge is 2.24. The second-order valence-corrected chi connectivity index (χ2v) is 14.3. The Kier molecular flexibility index (Phi) is 11.7. The van der Waals surface area contributed by atoms with Gasteiger partial charge in [0.05, 0.1) is 0 Å². The molecule has 5 aromatic rings. The summed E-state index contributed by atoms with van der Waals surface area (Å²) >= 11 is 0. The van der Waals surface area contributed by atoms with Gasteiger partial charge in [-0.15, -0.1) is 0 Å². The summed E-state index contributed by atoms with van der Waals surface area (Å²) in [6.07, 6.45) is 0. The Balaban J connectivity index is 0.000000199. The third kappa shape index (κ3) is 9.13. The highest BCUT2D eigenvalue weighted by Crippen LogP contribution is 2.36. The van der Waals surface area contributed by atoms with E-state index >= 15 is 0 Å². The average Bonchev–Trinajstić information content (AvgIpc) is 3.01. The maximum atomic E-state index is 9.87. The summed E-state index contributed by atoms with van der Waals surface area (Å²) in [7, 11) is 0. The van der Waals surface area contributed by atoms with Crippen LogP contribution >= 0.6 is 0 Å². The summed E-state index contributed by atoms with van der Waals surface area (Å²) in [5, 5.41) is 47.8. The molecule has 0 unspecified atom stereocenters. The monoisotopic (exact) mass is 648 g/mol. The van der Waals surface area contributed by atoms with Crippen molar-refractivity contribution >= 4 is 0 Å². The van der Waals surface area contributed by atoms with E-state index < -0.39 is 0 Å². The van der Waals surface area contributed by atoms with Gasteiger partial charge in [0.15, 0.2) is 0 Å². The van der Waals surface area contributed by atoms with Crippen LogP contribution in [0.3, 0.4) is 0 Å². The Morgan fingerprint density at radius 3 is 1.02 bits per heavy atom. The van der Waals surface area contributed by atoms with Crippen LogP contribution in [0.4, 0.5) is 0 Å². The van der Waals surface area contributed by atoms with Crippen LogP contribution in [-0.4, -0.2) is 25.5 Å². The van der Waals surface area contributed by atoms with Gasteiger partial charge in [0.25, 0.3) is 0 Å². The first kappa shape index (κ1) is 37.6. The largest absolute Gasteiger partial charge is 0.508 e. The minimum Gasteiger partial charge on any atom is -0.508 e. The topological polar surface area (TPSA) is 101 Å². The van der Waals surface area contributed by atoms with E-state index in [2.05, 4.69) is 46.8 Å². The van der Waals surface area contributed by atoms with Gasteiger partial charge in [0.2, 0.25) is 0 Å². The number of benzene rings is 5. The molecule has 0 aliphatic rings. The molecule has 0 saturated heterocycles. The van der Waals surface area contributed by atoms with Crippen molar-refractivity contribution in [2.45, 2.75) is 87.0 Å². The first-order valence-electron chi connectivity index (χ1n) is 16.2. The van der Waals surface area contributed by atoms with Crippen LogP contribution < -0.4 is 0 Å². The molecule has 5 rings (SSSR count). The van der Waals surface area contributed by atoms with Crippen LogP contribution in [0.1, 0.15) is 84.7 Å². The molecule has 5 N–H and O–H groups in total. The standard InChI is InChI=1S/C17H20O2.C14H14O2.C12H18O/c1-11-9-14(10-12(2)16(11)19)17(3,4)13-5-7-15(18)8-6-13;1-9-7-12(8-10(2)14(9)16)11-3-5-13(15)6-4-11;1-8-6-10(12(3,4)5)7-9(2)11(8)13/h5-10,18-19H,1-4H3;3-8,15-16H,1-2H3;6-7,13H,1-5H3. The fraction of sp³-hybridized carbons (Fsp3) is 0.302. The predicted octanol–water partition coefficient (Wildman–Crippen LogP) is 10.7. The Hall–Kier alpha value is -4.90. The fourth-order valence-electron chi connectivity index (χ4n) is 5.53. The molecule has 0 heterocycles. The summed E-state index contributed by atoms with van der Waals surface area (Å²) in [5.74, 6) is 1.68. The first-order valence-corrected chi connectivity index (χ1v) is 16.2. The quantitative estimate of drug-likeness (QED) is 0.134. The van der Waals surface area contributed by atoms with E-state index in [4.69, 9.17) is 0 Å². The Labute approximate surface area is 286 Å². The lowest BCUT2D eigenvalue weighted by Crippen LogP contribution is -2.19. The molecule has 0 spiro atoms. The van der Waals surface area contributed by atoms with Crippen molar-refractivity contribution in [3.8, 4) is 39.9 Å². The number of phenolic OH excluding ortho intramolecular Hbond substituents is 5. The molecule has 5 aromatic carbocycles. The van der Waals surface area contributed by atoms with Gasteiger partial charge in [-0.3, -0.25) is 0 Å². The van der Waals surface area contributed by atoms with Gasteiger partial charge < -0.3 is 25.5 Å². The second kappa shape index (κ2) is 14.9. The first-order chi connectivity index (χ1) is 22.2. The van der Waals surface area contributed by atoms with Crippen LogP contribution in [0.15, 0.2) is 84.9 Å². The summed E-state index contributed by atoms with van der Waals surface area (Å²) in [6, 6.07) is 26.4. The highest BCUT2D eigenvalue weighted by molar-refractivity contribution is 5.67. The molecule has 0 aliphatic heterocycles. The molecular formula is C43H52O5. The van der Waals surface area contributed by atoms with Crippen LogP contribution in [0, 0.1) is 41.5 Å². The second-order valence-electron chi connectivity index (χ2n) is 14.3. The molecule has 0 fully saturated rings. The van der Waals surface area contributed by atoms with Crippen molar-refractivity contribution in [3.05, 3.63) is 135 Å². The van der Waals surface area contributed by atoms with E-state index in [1.165, 1.54) is 5.56 Å². The van der Waals surface area contributed by atoms with Crippen LogP contribution in [0.2, 0.25) is 0 Å². The van der Waals surface area contributed by atoms with Crippen molar-refractivity contribution in [3.63, 3.8) is 0 Å². The maximum Gasteiger partial charge on any atom is 0.121 e. The van der Waals surface area contributed by atoms with E-state index in [0.717, 1.165) is 55.6 Å². The van der Waals surface area contributed by atoms with Crippen molar-refractivity contribution in [2.24, 2.45) is 0 Å². The maximum absolute atomic E-state index is 9.87. The highest BCUT2D eigenvalue weighted by atomic mass is 16.3. The van der Waals surface area contributed by atoms with Crippen LogP contribution in [-0.2, 0) is 10.8 Å². The Morgan fingerprint density at radius 1 is 0.354 bits per heavy atom. The van der Waals surface area contributed by atoms with Gasteiger partial charge in [-0.05, 0) is 145 Å². The summed E-state index contributed by atoms with van der Waals surface area (Å²) in [4.78, 5) is 0. The molecular weight excluding hydrogens is 596 g/mol. The van der Waals surface area contributed by atoms with Gasteiger partial charge in [-0.2, -0.15) is 0 Å². The van der Waals surface area contributed by atoms with E-state index in [-0.39, 0.29) is 22.3 Å². The van der Waals surface area contributed by atoms with Crippen molar-refractivity contribution in [2.75, 3.05) is 0 Å². The van der Waals surface area contributed by atoms with Gasteiger partial charge in [-0.25, -0.2) is 0 Å². The van der Waals surface area contributed by atoms with Crippen LogP contribution in [0.25, 0.3) is 11.1 Å². The smallest absolute Gasteiger partial charge is 0.121 e. The molecule has 0 atom stereocenters. The molecule has 0 aromatic heterocycles. The summed E-state index contributed by atoms with van der Waals surface area (Å²) < 4.78 is 0. The third-order valence-corrected chi connectivity index (χ3v) is 8.85. The molecule has 0 radical (unpaired) electrons. The summed E-state index contributed by atoms with van der Waals surface area (Å²) in [6.45, 7) is 22.3. The molecule has 0 aliphatic carbocycles. The SMILES string of the molecule is Cc1cc(-c2ccc(O)cc2)cc(C)c1O.Cc1cc(C(C)(C)C)cc(C)c1O.Cc1cc(C(C)(C)c2ccc(O)cc2)cc(C)c1O. The lowest BCUT2D eigenvalue weighted by molar-refractivity contribution is 0.465. The molecule has 5 heteroatoms. The number of aromatic hydroxyl groups is 5. The zero-order valence-corrected chi connectivity index (χ0v) is 30.3. The lowest BCUT2D eigenvalue weighted by Gasteiger charge is -2.27. The lowest BCUT2D eigenvalue weighted by atomic mass is 9.77. The summed E-state index contributed by atoms with van der Waals surface area (Å²) in [5.41, 5.74) is 11.1. The number of hydrogen-bond acceptors (Lipinski definition) is 5. The zero-order chi connectivity index (χ0) is 36.1. The molecule has 0 saturated carbocycles. The average molecular weight is 649 g/mol. The number of hydrogen-bond donors (Lipinski definition) is 5. The molecule has 254 valence electrons. The van der Waals surface area contributed by atoms with E-state index in [9.17, 15) is 25.5 Å². The molecule has 0 bridgehead atoms. The van der Waals surface area contributed by atoms with Gasteiger partial charge in [-0.1, -0.05) is 83.1 Å². The molecule has 48 heavy (non-hydrogen) atoms. The van der Waals surface area contributed by atoms with E-state index in [0.29, 0.717) is 17.2 Å². The van der Waals surface area contributed by atoms with Crippen molar-refractivity contribution in [1.29, 1.82) is 0 Å². The molecule has 0 amide bonds. The minimum atomic E-state index is -0.170. The number of phenols is 5. The molecule has 5 nitrogen and oxygen atoms in total. The minimum absolute atomic E-state index is 0.156. The number of rotatable bonds is 3. The van der Waals surface area contributed by atoms with Gasteiger partial charge >= 0.3 is 0 Å². The van der Waals surface area contributed by atoms with Crippen molar-refractivity contribution in [1.82, 2.24) is 0 Å². The van der Waals surface area contributed by atoms with Gasteiger partial charge in [0, 0.05) is 5.41 Å². The van der Waals surface area contributed by atoms with E-state index in [1.807, 2.05) is 90.1 Å². The van der Waals surface area contributed by atoms with Gasteiger partial charge in [0.1, 0.15) is 28.7 Å².